The quantitative estimate of drug-likeness (QED) is 0.698. The van der Waals surface area contributed by atoms with E-state index in [1.807, 2.05) is 27.6 Å². The Morgan fingerprint density at radius 1 is 1.20 bits per heavy atom. The zero-order valence-corrected chi connectivity index (χ0v) is 17.2. The summed E-state index contributed by atoms with van der Waals surface area (Å²) in [7, 11) is 0. The highest BCUT2D eigenvalue weighted by Crippen LogP contribution is 2.51. The molecular formula is C24H23N3O3. The van der Waals surface area contributed by atoms with Crippen molar-refractivity contribution in [2.75, 3.05) is 0 Å². The highest BCUT2D eigenvalue weighted by Gasteiger charge is 2.38. The Bertz CT molecular complexity index is 1270. The molecule has 6 nitrogen and oxygen atoms in total. The van der Waals surface area contributed by atoms with Gasteiger partial charge in [-0.25, -0.2) is 9.48 Å². The van der Waals surface area contributed by atoms with Crippen molar-refractivity contribution in [3.05, 3.63) is 81.5 Å². The van der Waals surface area contributed by atoms with Gasteiger partial charge in [-0.15, -0.1) is 0 Å². The van der Waals surface area contributed by atoms with E-state index in [-0.39, 0.29) is 17.0 Å². The summed E-state index contributed by atoms with van der Waals surface area (Å²) in [6, 6.07) is 9.71. The van der Waals surface area contributed by atoms with Crippen LogP contribution in [0.4, 0.5) is 0 Å². The summed E-state index contributed by atoms with van der Waals surface area (Å²) in [4.78, 5) is 24.2. The average Bonchev–Trinajstić information content (AvgIpc) is 3.33. The molecule has 0 radical (unpaired) electrons. The van der Waals surface area contributed by atoms with Gasteiger partial charge in [-0.3, -0.25) is 4.79 Å². The summed E-state index contributed by atoms with van der Waals surface area (Å²) < 4.78 is 3.89. The molecule has 2 aromatic heterocycles. The molecule has 3 aromatic rings. The monoisotopic (exact) mass is 401 g/mol. The van der Waals surface area contributed by atoms with Crippen LogP contribution in [0.2, 0.25) is 0 Å². The SMILES string of the molecule is CC(C)(C)[C@@H]1CC2=C(Cc3c2cccc3-n2cccn2)c2cc(=O)c(C(=O)O)cn21. The van der Waals surface area contributed by atoms with Crippen molar-refractivity contribution in [3.63, 3.8) is 0 Å². The van der Waals surface area contributed by atoms with Gasteiger partial charge in [0.25, 0.3) is 0 Å². The molecule has 30 heavy (non-hydrogen) atoms. The van der Waals surface area contributed by atoms with Crippen molar-refractivity contribution in [3.8, 4) is 5.69 Å². The Hall–Kier alpha value is -3.41. The van der Waals surface area contributed by atoms with Crippen molar-refractivity contribution in [2.45, 2.75) is 39.7 Å². The number of hydrogen-bond donors (Lipinski definition) is 1. The Kier molecular flexibility index (Phi) is 3.90. The van der Waals surface area contributed by atoms with Crippen LogP contribution < -0.4 is 5.43 Å². The van der Waals surface area contributed by atoms with Crippen LogP contribution in [0.5, 0.6) is 0 Å². The fraction of sp³-hybridized carbons (Fsp3) is 0.292. The summed E-state index contributed by atoms with van der Waals surface area (Å²) >= 11 is 0. The van der Waals surface area contributed by atoms with Gasteiger partial charge in [0.05, 0.1) is 5.69 Å². The van der Waals surface area contributed by atoms with Crippen LogP contribution in [0.3, 0.4) is 0 Å². The molecule has 1 N–H and O–H groups in total. The number of carbonyl (C=O) groups is 1. The molecule has 0 spiro atoms. The van der Waals surface area contributed by atoms with Crippen molar-refractivity contribution in [1.29, 1.82) is 0 Å². The van der Waals surface area contributed by atoms with Gasteiger partial charge in [0, 0.05) is 42.8 Å². The van der Waals surface area contributed by atoms with Gasteiger partial charge in [-0.1, -0.05) is 32.9 Å². The van der Waals surface area contributed by atoms with Crippen LogP contribution in [0, 0.1) is 5.41 Å². The van der Waals surface area contributed by atoms with E-state index in [4.69, 9.17) is 0 Å². The number of aromatic nitrogens is 3. The minimum absolute atomic E-state index is 0.0456. The lowest BCUT2D eigenvalue weighted by atomic mass is 9.78. The Labute approximate surface area is 174 Å². The van der Waals surface area contributed by atoms with E-state index in [0.717, 1.165) is 23.4 Å². The first kappa shape index (κ1) is 18.6. The molecule has 0 amide bonds. The van der Waals surface area contributed by atoms with Gasteiger partial charge >= 0.3 is 5.97 Å². The minimum atomic E-state index is -1.18. The number of hydrogen-bond acceptors (Lipinski definition) is 3. The lowest BCUT2D eigenvalue weighted by molar-refractivity contribution is 0.0693. The van der Waals surface area contributed by atoms with E-state index in [1.54, 1.807) is 6.20 Å². The second kappa shape index (κ2) is 6.29. The second-order valence-corrected chi connectivity index (χ2v) is 9.12. The van der Waals surface area contributed by atoms with E-state index < -0.39 is 11.4 Å². The van der Waals surface area contributed by atoms with Gasteiger partial charge in [0.1, 0.15) is 5.56 Å². The third kappa shape index (κ3) is 2.67. The van der Waals surface area contributed by atoms with Crippen LogP contribution in [-0.2, 0) is 6.42 Å². The fourth-order valence-corrected chi connectivity index (χ4v) is 4.82. The van der Waals surface area contributed by atoms with E-state index in [2.05, 4.69) is 38.0 Å². The molecule has 1 aliphatic heterocycles. The largest absolute Gasteiger partial charge is 0.477 e. The van der Waals surface area contributed by atoms with Gasteiger partial charge in [-0.2, -0.15) is 5.10 Å². The summed E-state index contributed by atoms with van der Waals surface area (Å²) in [6.07, 6.45) is 6.73. The van der Waals surface area contributed by atoms with Crippen LogP contribution in [-0.4, -0.2) is 25.4 Å². The Morgan fingerprint density at radius 3 is 2.67 bits per heavy atom. The zero-order valence-electron chi connectivity index (χ0n) is 17.2. The molecule has 3 heterocycles. The molecule has 0 saturated heterocycles. The number of rotatable bonds is 2. The lowest BCUT2D eigenvalue weighted by Gasteiger charge is -2.39. The van der Waals surface area contributed by atoms with Gasteiger partial charge in [0.15, 0.2) is 5.43 Å². The standard InChI is InChI=1S/C24H23N3O3/c1-24(2,3)22-11-15-14-6-4-7-19(27-9-5-8-25-27)16(14)10-17(15)20-12-21(28)18(23(29)30)13-26(20)22/h4-9,12-13,22H,10-11H2,1-3H3,(H,29,30)/t22-/m0/s1. The summed E-state index contributed by atoms with van der Waals surface area (Å²) in [5.74, 6) is -1.18. The number of pyridine rings is 1. The number of fused-ring (bicyclic) bond motifs is 4. The molecular weight excluding hydrogens is 378 g/mol. The maximum absolute atomic E-state index is 12.6. The molecule has 2 aliphatic rings. The average molecular weight is 401 g/mol. The zero-order chi connectivity index (χ0) is 21.2. The topological polar surface area (TPSA) is 77.1 Å². The molecule has 1 aromatic carbocycles. The van der Waals surface area contributed by atoms with E-state index in [9.17, 15) is 14.7 Å². The number of allylic oxidation sites excluding steroid dienone is 2. The van der Waals surface area contributed by atoms with Gasteiger partial charge in [0.2, 0.25) is 0 Å². The van der Waals surface area contributed by atoms with Crippen molar-refractivity contribution >= 4 is 17.1 Å². The molecule has 5 rings (SSSR count). The maximum Gasteiger partial charge on any atom is 0.341 e. The highest BCUT2D eigenvalue weighted by atomic mass is 16.4. The molecule has 0 bridgehead atoms. The highest BCUT2D eigenvalue weighted by molar-refractivity contribution is 5.99. The third-order valence-corrected chi connectivity index (χ3v) is 6.30. The van der Waals surface area contributed by atoms with Crippen LogP contribution >= 0.6 is 0 Å². The van der Waals surface area contributed by atoms with E-state index in [1.165, 1.54) is 29.0 Å². The summed E-state index contributed by atoms with van der Waals surface area (Å²) in [6.45, 7) is 6.46. The fourth-order valence-electron chi connectivity index (χ4n) is 4.82. The third-order valence-electron chi connectivity index (χ3n) is 6.30. The molecule has 1 aliphatic carbocycles. The number of nitrogens with zero attached hydrogens (tertiary/aromatic N) is 3. The first-order chi connectivity index (χ1) is 14.3. The van der Waals surface area contributed by atoms with E-state index >= 15 is 0 Å². The lowest BCUT2D eigenvalue weighted by Crippen LogP contribution is -2.32. The van der Waals surface area contributed by atoms with Crippen molar-refractivity contribution in [2.24, 2.45) is 5.41 Å². The van der Waals surface area contributed by atoms with Crippen molar-refractivity contribution in [1.82, 2.24) is 14.3 Å². The number of carboxylic acids is 1. The maximum atomic E-state index is 12.6. The smallest absolute Gasteiger partial charge is 0.341 e. The second-order valence-electron chi connectivity index (χ2n) is 9.12. The molecule has 6 heteroatoms. The number of aromatic carboxylic acids is 1. The summed E-state index contributed by atoms with van der Waals surface area (Å²) in [5.41, 5.74) is 5.89. The normalized spacial score (nSPS) is 17.5. The minimum Gasteiger partial charge on any atom is -0.477 e. The van der Waals surface area contributed by atoms with Crippen LogP contribution in [0.15, 0.2) is 53.7 Å². The molecule has 0 fully saturated rings. The first-order valence-corrected chi connectivity index (χ1v) is 10.1. The van der Waals surface area contributed by atoms with Gasteiger partial charge < -0.3 is 9.67 Å². The summed E-state index contributed by atoms with van der Waals surface area (Å²) in [5, 5.41) is 13.9. The molecule has 1 atom stereocenters. The number of benzene rings is 1. The molecule has 0 unspecified atom stereocenters. The molecule has 152 valence electrons. The first-order valence-electron chi connectivity index (χ1n) is 10.1. The van der Waals surface area contributed by atoms with Gasteiger partial charge in [-0.05, 0) is 46.2 Å². The predicted molar refractivity (Wildman–Crippen MR) is 115 cm³/mol. The van der Waals surface area contributed by atoms with Crippen molar-refractivity contribution < 1.29 is 9.90 Å². The van der Waals surface area contributed by atoms with E-state index in [0.29, 0.717) is 6.42 Å². The van der Waals surface area contributed by atoms with Crippen LogP contribution in [0.25, 0.3) is 16.8 Å². The Balaban J connectivity index is 1.73. The predicted octanol–water partition coefficient (Wildman–Crippen LogP) is 4.19. The Morgan fingerprint density at radius 2 is 2.00 bits per heavy atom. The number of carboxylic acid groups (broad SMARTS) is 1. The van der Waals surface area contributed by atoms with Crippen LogP contribution in [0.1, 0.15) is 60.4 Å². The molecule has 0 saturated carbocycles.